The fourth-order valence-corrected chi connectivity index (χ4v) is 12.9. The van der Waals surface area contributed by atoms with Gasteiger partial charge < -0.3 is 69.8 Å². The molecule has 0 aromatic heterocycles. The summed E-state index contributed by atoms with van der Waals surface area (Å²) in [4.78, 5) is 144. The first-order valence-corrected chi connectivity index (χ1v) is 28.5. The summed E-state index contributed by atoms with van der Waals surface area (Å²) in [6.45, 7) is 2.98. The molecule has 2 aromatic carbocycles. The first-order chi connectivity index (χ1) is 37.2. The van der Waals surface area contributed by atoms with Crippen molar-refractivity contribution in [3.8, 4) is 5.75 Å². The predicted octanol–water partition coefficient (Wildman–Crippen LogP) is -0.945. The van der Waals surface area contributed by atoms with Gasteiger partial charge in [0.25, 0.3) is 0 Å². The maximum absolute atomic E-state index is 14.9. The van der Waals surface area contributed by atoms with Crippen LogP contribution in [0.3, 0.4) is 0 Å². The van der Waals surface area contributed by atoms with Crippen molar-refractivity contribution in [1.29, 1.82) is 0 Å². The van der Waals surface area contributed by atoms with Gasteiger partial charge in [0.2, 0.25) is 59.1 Å². The van der Waals surface area contributed by atoms with Gasteiger partial charge in [0.1, 0.15) is 48.0 Å². The lowest BCUT2D eigenvalue weighted by Gasteiger charge is -2.37. The minimum atomic E-state index is -1.66. The van der Waals surface area contributed by atoms with Crippen molar-refractivity contribution in [2.45, 2.75) is 144 Å². The van der Waals surface area contributed by atoms with Gasteiger partial charge in [0.05, 0.1) is 20.1 Å². The third-order valence-corrected chi connectivity index (χ3v) is 17.0. The van der Waals surface area contributed by atoms with Gasteiger partial charge in [-0.05, 0) is 67.7 Å². The molecule has 0 radical (unpaired) electrons. The second kappa shape index (κ2) is 30.2. The van der Waals surface area contributed by atoms with Crippen molar-refractivity contribution >= 4 is 86.6 Å². The van der Waals surface area contributed by atoms with Crippen molar-refractivity contribution in [1.82, 2.24) is 42.1 Å². The summed E-state index contributed by atoms with van der Waals surface area (Å²) in [6, 6.07) is 6.71. The molecule has 2 aliphatic heterocycles. The second-order valence-electron chi connectivity index (χ2n) is 20.1. The van der Waals surface area contributed by atoms with E-state index >= 15 is 0 Å². The first-order valence-electron chi connectivity index (χ1n) is 26.2. The summed E-state index contributed by atoms with van der Waals surface area (Å²) in [5, 5.41) is 19.0. The number of benzene rings is 2. The molecule has 26 heteroatoms. The van der Waals surface area contributed by atoms with Crippen LogP contribution in [0.4, 0.5) is 0 Å². The zero-order valence-electron chi connectivity index (χ0n) is 44.3. The molecular formula is C52H75N13O11S2. The Morgan fingerprint density at radius 2 is 1.40 bits per heavy atom. The number of primary amides is 2. The molecule has 0 bridgehead atoms. The summed E-state index contributed by atoms with van der Waals surface area (Å²) < 4.78 is 4.63. The molecule has 24 nitrogen and oxygen atoms in total. The lowest BCUT2D eigenvalue weighted by molar-refractivity contribution is -0.142. The molecule has 1 aliphatic carbocycles. The molecule has 3 fully saturated rings. The molecule has 0 unspecified atom stereocenters. The highest BCUT2D eigenvalue weighted by Crippen LogP contribution is 2.48. The Labute approximate surface area is 461 Å². The van der Waals surface area contributed by atoms with E-state index in [4.69, 9.17) is 27.7 Å². The summed E-state index contributed by atoms with van der Waals surface area (Å²) in [5.74, 6) is -7.93. The van der Waals surface area contributed by atoms with Crippen molar-refractivity contribution in [2.24, 2.45) is 33.8 Å². The Bertz CT molecular complexity index is 2480. The van der Waals surface area contributed by atoms with E-state index in [1.165, 1.54) is 33.6 Å². The van der Waals surface area contributed by atoms with Crippen molar-refractivity contribution in [2.75, 3.05) is 32.5 Å². The van der Waals surface area contributed by atoms with Crippen LogP contribution in [0.15, 0.2) is 59.6 Å². The normalized spacial score (nSPS) is 23.0. The average Bonchev–Trinajstić information content (AvgIpc) is 3.90. The highest BCUT2D eigenvalue weighted by Gasteiger charge is 2.42. The Morgan fingerprint density at radius 3 is 2.03 bits per heavy atom. The second-order valence-corrected chi connectivity index (χ2v) is 22.9. The molecule has 10 amide bonds. The van der Waals surface area contributed by atoms with Crippen LogP contribution in [0, 0.1) is 5.92 Å². The molecule has 15 N–H and O–H groups in total. The lowest BCUT2D eigenvalue weighted by atomic mass is 9.85. The Balaban J connectivity index is 1.52. The van der Waals surface area contributed by atoms with E-state index in [9.17, 15) is 47.9 Å². The standard InChI is InChI=1S/C52H75N13O11S2/c1-30(2)43-49(74)62-37(26-40(53)66)46(71)63-38(50(75)65-23-11-15-39(65)48(73)60-34(14-10-22-57-51(55)56)44(69)58-28-41(54)67)29-77-78-52(20-8-5-9-21-52)27-42(68)59-35(25-32-16-18-33(76-3)19-17-32)45(70)61-36(47(72)64-43)24-31-12-6-4-7-13-31/h4,6-7,12-13,16-19,30,34-39,43H,5,8-11,14-15,20-29H2,1-3H3,(H2,53,66)(H2,54,67)(H,58,69)(H,59,68)(H,60,73)(H,61,70)(H,62,74)(H,63,71)(H,64,72)(H4,55,56,57)/t34-,35+,36+,37+,38+,39+,43+/m1/s1. The number of nitrogens with two attached hydrogens (primary N) is 4. The number of hydrogen-bond acceptors (Lipinski definition) is 14. The molecule has 426 valence electrons. The van der Waals surface area contributed by atoms with Gasteiger partial charge in [0.15, 0.2) is 5.96 Å². The third kappa shape index (κ3) is 19.1. The highest BCUT2D eigenvalue weighted by molar-refractivity contribution is 8.77. The third-order valence-electron chi connectivity index (χ3n) is 13.6. The summed E-state index contributed by atoms with van der Waals surface area (Å²) >= 11 is 0. The monoisotopic (exact) mass is 1120 g/mol. The van der Waals surface area contributed by atoms with Crippen LogP contribution in [0.1, 0.15) is 95.6 Å². The topological polar surface area (TPSA) is 384 Å². The zero-order chi connectivity index (χ0) is 56.9. The number of nitrogens with zero attached hydrogens (tertiary/aromatic N) is 2. The number of guanidine groups is 1. The fraction of sp³-hybridized carbons (Fsp3) is 0.558. The number of nitrogens with one attached hydrogen (secondary N) is 7. The van der Waals surface area contributed by atoms with Gasteiger partial charge in [-0.3, -0.25) is 52.9 Å². The number of likely N-dealkylation sites (tertiary alicyclic amines) is 1. The molecule has 1 spiro atoms. The lowest BCUT2D eigenvalue weighted by Crippen LogP contribution is -2.61. The van der Waals surface area contributed by atoms with Crippen LogP contribution in [0.25, 0.3) is 0 Å². The molecule has 3 aliphatic rings. The van der Waals surface area contributed by atoms with E-state index in [0.717, 1.165) is 19.3 Å². The van der Waals surface area contributed by atoms with Crippen LogP contribution in [-0.4, -0.2) is 149 Å². The van der Waals surface area contributed by atoms with Crippen LogP contribution >= 0.6 is 21.6 Å². The van der Waals surface area contributed by atoms with Crippen LogP contribution in [0.2, 0.25) is 0 Å². The van der Waals surface area contributed by atoms with Gasteiger partial charge in [-0.2, -0.15) is 0 Å². The van der Waals surface area contributed by atoms with Crippen molar-refractivity contribution in [3.05, 3.63) is 65.7 Å². The van der Waals surface area contributed by atoms with E-state index in [2.05, 4.69) is 42.2 Å². The maximum atomic E-state index is 14.9. The number of methoxy groups -OCH3 is 1. The number of carbonyl (C=O) groups is 10. The molecule has 2 aromatic rings. The summed E-state index contributed by atoms with van der Waals surface area (Å²) in [6.07, 6.45) is 3.75. The zero-order valence-corrected chi connectivity index (χ0v) is 46.0. The van der Waals surface area contributed by atoms with E-state index < -0.39 is 125 Å². The van der Waals surface area contributed by atoms with E-state index in [1.54, 1.807) is 68.4 Å². The fourth-order valence-electron chi connectivity index (χ4n) is 9.54. The van der Waals surface area contributed by atoms with E-state index in [0.29, 0.717) is 36.1 Å². The molecule has 7 atom stereocenters. The number of carbonyl (C=O) groups excluding carboxylic acids is 10. The summed E-state index contributed by atoms with van der Waals surface area (Å²) in [5.41, 5.74) is 23.2. The SMILES string of the molecule is COc1ccc(C[C@@H]2NC(=O)CC3(CCCCC3)SSC[C@@H](C(=O)N3CCC[C@H]3C(=O)N[C@H](CCCN=C(N)N)C(=O)NCC(N)=O)NC(=O)[C@H](CC(N)=O)NC(=O)[C@H](C(C)C)NC(=O)[C@H](Cc3ccccc3)NC2=O)cc1. The van der Waals surface area contributed by atoms with Crippen LogP contribution < -0.4 is 64.9 Å². The van der Waals surface area contributed by atoms with Gasteiger partial charge in [0, 0.05) is 42.9 Å². The van der Waals surface area contributed by atoms with Gasteiger partial charge in [-0.1, -0.05) is 97.2 Å². The number of hydrogen-bond donors (Lipinski definition) is 11. The minimum absolute atomic E-state index is 0.0136. The Morgan fingerprint density at radius 1 is 0.769 bits per heavy atom. The average molecular weight is 1120 g/mol. The maximum Gasteiger partial charge on any atom is 0.246 e. The number of rotatable bonds is 18. The van der Waals surface area contributed by atoms with Crippen molar-refractivity contribution in [3.63, 3.8) is 0 Å². The van der Waals surface area contributed by atoms with Gasteiger partial charge in [-0.25, -0.2) is 0 Å². The first kappa shape index (κ1) is 61.8. The molecular weight excluding hydrogens is 1050 g/mol. The summed E-state index contributed by atoms with van der Waals surface area (Å²) in [7, 11) is 4.11. The molecule has 78 heavy (non-hydrogen) atoms. The number of aliphatic imine (C=N–C) groups is 1. The molecule has 2 saturated heterocycles. The van der Waals surface area contributed by atoms with Gasteiger partial charge in [-0.15, -0.1) is 0 Å². The molecule has 1 saturated carbocycles. The quantitative estimate of drug-likeness (QED) is 0.0371. The van der Waals surface area contributed by atoms with Gasteiger partial charge >= 0.3 is 0 Å². The number of amides is 10. The minimum Gasteiger partial charge on any atom is -0.497 e. The van der Waals surface area contributed by atoms with Crippen LogP contribution in [0.5, 0.6) is 5.75 Å². The molecule has 2 heterocycles. The predicted molar refractivity (Wildman–Crippen MR) is 294 cm³/mol. The Hall–Kier alpha value is -7.09. The van der Waals surface area contributed by atoms with Crippen molar-refractivity contribution < 1.29 is 52.7 Å². The largest absolute Gasteiger partial charge is 0.497 e. The van der Waals surface area contributed by atoms with E-state index in [1.807, 2.05) is 0 Å². The highest BCUT2D eigenvalue weighted by atomic mass is 33.1. The number of ether oxygens (including phenoxy) is 1. The van der Waals surface area contributed by atoms with E-state index in [-0.39, 0.29) is 63.3 Å². The molecule has 5 rings (SSSR count). The van der Waals surface area contributed by atoms with Crippen LogP contribution in [-0.2, 0) is 60.8 Å². The smallest absolute Gasteiger partial charge is 0.246 e. The Kier molecular flexibility index (Phi) is 23.9.